The molecule has 542 valence electrons. The maximum Gasteiger partial charge on any atom is 0.377 e. The van der Waals surface area contributed by atoms with Gasteiger partial charge in [-0.25, -0.2) is 32.7 Å². The molecule has 7 amide bonds. The van der Waals surface area contributed by atoms with E-state index in [2.05, 4.69) is 21.3 Å². The second kappa shape index (κ2) is 47.2. The molecule has 28 nitrogen and oxygen atoms in total. The minimum Gasteiger partial charge on any atom is -0.457 e. The molecular weight excluding hydrogens is 1480 g/mol. The van der Waals surface area contributed by atoms with Crippen LogP contribution < -0.4 is 48.3 Å². The van der Waals surface area contributed by atoms with E-state index >= 15 is 0 Å². The molecule has 6 rings (SSSR count). The van der Waals surface area contributed by atoms with E-state index < -0.39 is 89.6 Å². The Bertz CT molecular complexity index is 3820. The topological polar surface area (TPSA) is 454 Å². The molecule has 2 atom stereocenters. The molecule has 0 fully saturated rings. The number of nitro benzene ring substituents is 1. The van der Waals surface area contributed by atoms with Crippen LogP contribution in [0.25, 0.3) is 0 Å². The van der Waals surface area contributed by atoms with Crippen LogP contribution in [0, 0.1) is 10.1 Å². The minimum absolute atomic E-state index is 0.0362. The molecule has 0 bridgehead atoms. The van der Waals surface area contributed by atoms with Gasteiger partial charge in [0.15, 0.2) is 0 Å². The van der Waals surface area contributed by atoms with Crippen LogP contribution in [0.3, 0.4) is 0 Å². The molecule has 6 aromatic rings. The quantitative estimate of drug-likeness (QED) is 0.00381. The van der Waals surface area contributed by atoms with Gasteiger partial charge in [-0.1, -0.05) is 60.7 Å². The lowest BCUT2D eigenvalue weighted by molar-refractivity contribution is -0.384. The van der Waals surface area contributed by atoms with Crippen molar-refractivity contribution >= 4 is 160 Å². The van der Waals surface area contributed by atoms with Crippen LogP contribution in [-0.2, 0) is 45.2 Å². The van der Waals surface area contributed by atoms with Gasteiger partial charge in [-0.3, -0.25) is 43.7 Å². The van der Waals surface area contributed by atoms with E-state index in [0.29, 0.717) is 73.8 Å². The minimum atomic E-state index is -3.80. The number of sulfonamides is 1. The number of thioether (sulfide) groups is 4. The van der Waals surface area contributed by atoms with Crippen molar-refractivity contribution < 1.29 is 85.0 Å². The molecule has 0 heterocycles. The molecule has 36 heteroatoms. The van der Waals surface area contributed by atoms with E-state index in [9.17, 15) is 71.3 Å². The number of alkyl halides is 3. The average molecular weight is 1550 g/mol. The van der Waals surface area contributed by atoms with Crippen LogP contribution in [0.2, 0.25) is 0 Å². The fourth-order valence-corrected chi connectivity index (χ4v) is 11.3. The lowest BCUT2D eigenvalue weighted by Gasteiger charge is -2.12. The van der Waals surface area contributed by atoms with E-state index in [1.807, 2.05) is 0 Å². The number of carbonyl (C=O) groups is 11. The van der Waals surface area contributed by atoms with Gasteiger partial charge >= 0.3 is 21.2 Å². The average Bonchev–Trinajstić information content (AvgIpc) is 0.887. The van der Waals surface area contributed by atoms with Crippen LogP contribution in [-0.4, -0.2) is 132 Å². The number of unbranched alkanes of at least 4 members (excludes halogenated alkanes) is 3. The third kappa shape index (κ3) is 34.3. The molecule has 0 saturated carbocycles. The Hall–Kier alpha value is -8.93. The van der Waals surface area contributed by atoms with Crippen molar-refractivity contribution in [1.29, 1.82) is 0 Å². The second-order valence-electron chi connectivity index (χ2n) is 20.2. The summed E-state index contributed by atoms with van der Waals surface area (Å²) in [5.74, 6) is -2.10. The molecule has 0 saturated heterocycles. The van der Waals surface area contributed by atoms with Crippen molar-refractivity contribution in [2.24, 2.45) is 22.3 Å². The zero-order chi connectivity index (χ0) is 74.9. The number of benzene rings is 6. The highest BCUT2D eigenvalue weighted by atomic mass is 35.5. The summed E-state index contributed by atoms with van der Waals surface area (Å²) in [4.78, 5) is 141. The first-order chi connectivity index (χ1) is 48.1. The summed E-state index contributed by atoms with van der Waals surface area (Å²) in [5, 5.41) is 23.6. The third-order valence-corrected chi connectivity index (χ3v) is 17.6. The molecule has 0 radical (unpaired) electrons. The van der Waals surface area contributed by atoms with Crippen molar-refractivity contribution in [3.8, 4) is 5.75 Å². The molecule has 101 heavy (non-hydrogen) atoms. The van der Waals surface area contributed by atoms with Gasteiger partial charge in [-0.15, -0.1) is 34.8 Å². The number of primary amides is 3. The van der Waals surface area contributed by atoms with E-state index in [4.69, 9.17) is 76.1 Å². The standard InChI is InChI=1S/C21H17N3O7S2.2C15H19ClN2O4S.C14H17ClN2O4S/c22-33(29,30)17-11-5-14(6-12-17)13-23-20(25)18-3-1-2-4-19(18)32-21(26)31-16-9-7-15(8-10-16)24(27)28;2*1-10(13(17)19)18-14(20)11-6-2-3-7-12(11)23-15(21)22-9-5-4-8-16;15-7-3-4-8-21-14(20)22-11-6-2-1-5-10(11)13(19)17-9-12(16)18/h1-12H,13H2,(H,23,25)(H2,22,29,30);2*2-3,6-7,10H,4-5,8-9H2,1H3,(H2,17,19)(H,18,20);1-2,5-6H,3-4,7-9H2,(H2,16,18)(H,17,19)/t;2*10-;/m.10./s1. The maximum atomic E-state index is 12.6. The number of nitro groups is 1. The number of non-ortho nitro benzene ring substituents is 1. The summed E-state index contributed by atoms with van der Waals surface area (Å²) in [7, 11) is -3.80. The molecule has 0 unspecified atom stereocenters. The number of ether oxygens (including phenoxy) is 4. The monoisotopic (exact) mass is 1550 g/mol. The Labute approximate surface area is 613 Å². The van der Waals surface area contributed by atoms with Gasteiger partial charge in [-0.2, -0.15) is 0 Å². The van der Waals surface area contributed by atoms with E-state index in [1.165, 1.54) is 62.4 Å². The first kappa shape index (κ1) is 86.3. The predicted octanol–water partition coefficient (Wildman–Crippen LogP) is 10.7. The van der Waals surface area contributed by atoms with E-state index in [-0.39, 0.29) is 71.5 Å². The zero-order valence-corrected chi connectivity index (χ0v) is 60.4. The summed E-state index contributed by atoms with van der Waals surface area (Å²) < 4.78 is 43.0. The second-order valence-corrected chi connectivity index (χ2v) is 26.8. The number of nitrogens with one attached hydrogen (secondary N) is 4. The van der Waals surface area contributed by atoms with Gasteiger partial charge in [0, 0.05) is 55.9 Å². The van der Waals surface area contributed by atoms with Gasteiger partial charge in [0.25, 0.3) is 29.3 Å². The van der Waals surface area contributed by atoms with E-state index in [0.717, 1.165) is 54.5 Å². The predicted molar refractivity (Wildman–Crippen MR) is 385 cm³/mol. The van der Waals surface area contributed by atoms with E-state index in [1.54, 1.807) is 97.1 Å². The number of amides is 7. The number of hydrogen-bond acceptors (Lipinski definition) is 23. The Balaban J connectivity index is 0.000000356. The summed E-state index contributed by atoms with van der Waals surface area (Å²) in [5.41, 5.74) is 16.8. The first-order valence-corrected chi connectivity index (χ1v) is 36.4. The van der Waals surface area contributed by atoms with Gasteiger partial charge in [0.05, 0.1) is 58.4 Å². The number of primary sulfonamides is 1. The van der Waals surface area contributed by atoms with Crippen LogP contribution >= 0.6 is 81.9 Å². The maximum absolute atomic E-state index is 12.6. The van der Waals surface area contributed by atoms with Crippen molar-refractivity contribution in [1.82, 2.24) is 21.3 Å². The van der Waals surface area contributed by atoms with Gasteiger partial charge < -0.3 is 57.4 Å². The third-order valence-electron chi connectivity index (χ3n) is 12.5. The molecular formula is C65H72Cl3N9O19S5. The number of rotatable bonds is 31. The Kier molecular flexibility index (Phi) is 40.4. The fourth-order valence-electron chi connectivity index (χ4n) is 7.26. The number of carbonyl (C=O) groups excluding carboxylic acids is 11. The molecule has 0 aliphatic heterocycles. The zero-order valence-electron chi connectivity index (χ0n) is 54.1. The Morgan fingerprint density at radius 2 is 0.812 bits per heavy atom. The molecule has 0 aromatic heterocycles. The Morgan fingerprint density at radius 3 is 1.14 bits per heavy atom. The van der Waals surface area contributed by atoms with Crippen LogP contribution in [0.1, 0.15) is 99.4 Å². The van der Waals surface area contributed by atoms with Crippen molar-refractivity contribution in [3.05, 3.63) is 184 Å². The van der Waals surface area contributed by atoms with Crippen molar-refractivity contribution in [2.45, 2.75) is 95.5 Å². The fraction of sp³-hybridized carbons (Fsp3) is 0.277. The molecule has 0 spiro atoms. The van der Waals surface area contributed by atoms with Gasteiger partial charge in [0.2, 0.25) is 27.7 Å². The number of hydrogen-bond donors (Lipinski definition) is 8. The lowest BCUT2D eigenvalue weighted by atomic mass is 10.2. The Morgan fingerprint density at radius 1 is 0.475 bits per heavy atom. The van der Waals surface area contributed by atoms with Crippen LogP contribution in [0.5, 0.6) is 5.75 Å². The summed E-state index contributed by atoms with van der Waals surface area (Å²) in [6, 6.07) is 35.3. The molecule has 0 aliphatic carbocycles. The first-order valence-electron chi connectivity index (χ1n) is 30.0. The van der Waals surface area contributed by atoms with Crippen molar-refractivity contribution in [2.75, 3.05) is 44.0 Å². The lowest BCUT2D eigenvalue weighted by Crippen LogP contribution is -2.42. The van der Waals surface area contributed by atoms with Crippen molar-refractivity contribution in [3.63, 3.8) is 0 Å². The molecule has 6 aromatic carbocycles. The highest BCUT2D eigenvalue weighted by Crippen LogP contribution is 2.30. The number of halogens is 3. The van der Waals surface area contributed by atoms with Crippen LogP contribution in [0.15, 0.2) is 170 Å². The van der Waals surface area contributed by atoms with Gasteiger partial charge in [-0.05, 0) is 178 Å². The van der Waals surface area contributed by atoms with Gasteiger partial charge in [0.1, 0.15) is 17.8 Å². The highest BCUT2D eigenvalue weighted by Gasteiger charge is 2.23. The number of nitrogens with zero attached hydrogens (tertiary/aromatic N) is 1. The summed E-state index contributed by atoms with van der Waals surface area (Å²) in [6.45, 7) is 3.69. The molecule has 0 aliphatic rings. The summed E-state index contributed by atoms with van der Waals surface area (Å²) >= 11 is 19.8. The van der Waals surface area contributed by atoms with Crippen LogP contribution in [0.4, 0.5) is 24.9 Å². The molecule has 12 N–H and O–H groups in total. The smallest absolute Gasteiger partial charge is 0.377 e. The number of nitrogens with two attached hydrogens (primary N) is 4. The summed E-state index contributed by atoms with van der Waals surface area (Å²) in [6.07, 6.45) is 4.37. The normalized spacial score (nSPS) is 11.0. The largest absolute Gasteiger partial charge is 0.457 e. The SMILES string of the molecule is C[C@@H](NC(=O)c1ccccc1SC(=O)OCCCCCl)C(N)=O.C[C@H](NC(=O)c1ccccc1SC(=O)OCCCCCl)C(N)=O.NC(=O)CNC(=O)c1ccccc1SC(=O)OCCCCCl.NS(=O)(=O)c1ccc(CNC(=O)c2ccccc2SC(=O)Oc2ccc([N+](=O)[O-])cc2)cc1. The highest BCUT2D eigenvalue weighted by molar-refractivity contribution is 8.14.